The molecule has 9 heteroatoms. The zero-order chi connectivity index (χ0) is 17.4. The Bertz CT molecular complexity index is 1030. The molecule has 0 unspecified atom stereocenters. The molecule has 0 aliphatic heterocycles. The molecule has 0 bridgehead atoms. The van der Waals surface area contributed by atoms with Crippen molar-refractivity contribution >= 4 is 44.9 Å². The summed E-state index contributed by atoms with van der Waals surface area (Å²) >= 11 is 7.52. The summed E-state index contributed by atoms with van der Waals surface area (Å²) in [5, 5.41) is 11.3. The fourth-order valence-corrected chi connectivity index (χ4v) is 3.68. The lowest BCUT2D eigenvalue weighted by Gasteiger charge is -2.04. The number of aromatic nitrogens is 1. The van der Waals surface area contributed by atoms with Crippen LogP contribution in [0.5, 0.6) is 0 Å². The average molecular weight is 366 g/mol. The van der Waals surface area contributed by atoms with Gasteiger partial charge in [-0.2, -0.15) is 4.99 Å². The molecule has 7 nitrogen and oxygen atoms in total. The van der Waals surface area contributed by atoms with Gasteiger partial charge in [0.25, 0.3) is 0 Å². The number of furan rings is 1. The number of hydrogen-bond donors (Lipinski definition) is 0. The van der Waals surface area contributed by atoms with Gasteiger partial charge in [0.2, 0.25) is 5.76 Å². The van der Waals surface area contributed by atoms with E-state index >= 15 is 0 Å². The van der Waals surface area contributed by atoms with Crippen LogP contribution in [0.4, 0.5) is 5.88 Å². The molecule has 2 aromatic heterocycles. The maximum atomic E-state index is 12.2. The minimum absolute atomic E-state index is 0.170. The molecule has 3 rings (SSSR count). The van der Waals surface area contributed by atoms with Crippen LogP contribution in [0.1, 0.15) is 23.0 Å². The minimum atomic E-state index is -0.701. The van der Waals surface area contributed by atoms with Crippen LogP contribution in [0, 0.1) is 17.0 Å². The number of carbonyl (C=O) groups excluding carboxylic acids is 1. The Kier molecular flexibility index (Phi) is 4.25. The van der Waals surface area contributed by atoms with Gasteiger partial charge in [0.05, 0.1) is 16.3 Å². The Labute approximate surface area is 145 Å². The third-order valence-corrected chi connectivity index (χ3v) is 4.98. The predicted octanol–water partition coefficient (Wildman–Crippen LogP) is 3.93. The fraction of sp³-hybridized carbons (Fsp3) is 0.200. The van der Waals surface area contributed by atoms with Gasteiger partial charge in [-0.3, -0.25) is 14.9 Å². The number of rotatable bonds is 3. The van der Waals surface area contributed by atoms with E-state index in [1.165, 1.54) is 17.4 Å². The van der Waals surface area contributed by atoms with Crippen LogP contribution < -0.4 is 4.80 Å². The highest BCUT2D eigenvalue weighted by Gasteiger charge is 2.18. The van der Waals surface area contributed by atoms with Gasteiger partial charge in [0, 0.05) is 11.6 Å². The van der Waals surface area contributed by atoms with Crippen molar-refractivity contribution in [1.82, 2.24) is 4.57 Å². The number of benzene rings is 1. The molecule has 0 saturated carbocycles. The van der Waals surface area contributed by atoms with E-state index in [-0.39, 0.29) is 5.76 Å². The van der Waals surface area contributed by atoms with Crippen LogP contribution in [0.2, 0.25) is 5.02 Å². The molecular weight excluding hydrogens is 354 g/mol. The third kappa shape index (κ3) is 2.74. The fourth-order valence-electron chi connectivity index (χ4n) is 2.38. The van der Waals surface area contributed by atoms with Crippen molar-refractivity contribution in [3.8, 4) is 0 Å². The van der Waals surface area contributed by atoms with Crippen LogP contribution in [0.3, 0.4) is 0 Å². The van der Waals surface area contributed by atoms with Gasteiger partial charge in [-0.15, -0.1) is 0 Å². The Hall–Kier alpha value is -2.45. The summed E-state index contributed by atoms with van der Waals surface area (Å²) in [5.74, 6) is -1.33. The third-order valence-electron chi connectivity index (χ3n) is 3.53. The van der Waals surface area contributed by atoms with E-state index in [0.29, 0.717) is 16.4 Å². The van der Waals surface area contributed by atoms with Crippen molar-refractivity contribution in [2.24, 2.45) is 4.99 Å². The topological polar surface area (TPSA) is 90.6 Å². The normalized spacial score (nSPS) is 12.0. The number of hydrogen-bond acceptors (Lipinski definition) is 5. The molecule has 0 fully saturated rings. The van der Waals surface area contributed by atoms with E-state index in [9.17, 15) is 14.9 Å². The highest BCUT2D eigenvalue weighted by Crippen LogP contribution is 2.27. The minimum Gasteiger partial charge on any atom is -0.395 e. The highest BCUT2D eigenvalue weighted by atomic mass is 35.5. The van der Waals surface area contributed by atoms with Crippen LogP contribution >= 0.6 is 22.9 Å². The zero-order valence-corrected chi connectivity index (χ0v) is 14.3. The molecule has 0 spiro atoms. The summed E-state index contributed by atoms with van der Waals surface area (Å²) in [6.45, 7) is 4.45. The van der Waals surface area contributed by atoms with Gasteiger partial charge in [-0.25, -0.2) is 0 Å². The molecule has 124 valence electrons. The summed E-state index contributed by atoms with van der Waals surface area (Å²) in [6, 6.07) is 6.06. The SMILES string of the molecule is CCn1c(=NC(=O)c2ccc([N+](=O)[O-])o2)sc2ccc(Cl)c(C)c21. The quantitative estimate of drug-likeness (QED) is 0.519. The predicted molar refractivity (Wildman–Crippen MR) is 90.5 cm³/mol. The summed E-state index contributed by atoms with van der Waals surface area (Å²) in [6.07, 6.45) is 0. The largest absolute Gasteiger partial charge is 0.433 e. The number of halogens is 1. The van der Waals surface area contributed by atoms with E-state index in [1.807, 2.05) is 24.5 Å². The molecule has 0 aliphatic rings. The standard InChI is InChI=1S/C15H12ClN3O4S/c1-3-18-13-8(2)9(16)4-6-11(13)24-15(18)17-14(20)10-5-7-12(23-10)19(21)22/h4-7H,3H2,1-2H3. The molecule has 0 radical (unpaired) electrons. The highest BCUT2D eigenvalue weighted by molar-refractivity contribution is 7.16. The lowest BCUT2D eigenvalue weighted by molar-refractivity contribution is -0.402. The number of carbonyl (C=O) groups is 1. The Balaban J connectivity index is 2.14. The van der Waals surface area contributed by atoms with Gasteiger partial charge < -0.3 is 8.98 Å². The smallest absolute Gasteiger partial charge is 0.395 e. The number of nitrogens with zero attached hydrogens (tertiary/aromatic N) is 3. The molecule has 3 aromatic rings. The molecule has 1 aromatic carbocycles. The summed E-state index contributed by atoms with van der Waals surface area (Å²) < 4.78 is 7.74. The first kappa shape index (κ1) is 16.4. The summed E-state index contributed by atoms with van der Waals surface area (Å²) in [4.78, 5) is 26.7. The van der Waals surface area contributed by atoms with E-state index in [2.05, 4.69) is 4.99 Å². The molecule has 0 aliphatic carbocycles. The van der Waals surface area contributed by atoms with E-state index in [4.69, 9.17) is 16.0 Å². The van der Waals surface area contributed by atoms with Crippen LogP contribution in [0.25, 0.3) is 10.2 Å². The second-order valence-electron chi connectivity index (χ2n) is 4.96. The number of nitro groups is 1. The maximum Gasteiger partial charge on any atom is 0.433 e. The Morgan fingerprint density at radius 2 is 2.17 bits per heavy atom. The second-order valence-corrected chi connectivity index (χ2v) is 6.38. The number of fused-ring (bicyclic) bond motifs is 1. The van der Waals surface area contributed by atoms with Gasteiger partial charge in [0.15, 0.2) is 4.80 Å². The first-order valence-electron chi connectivity index (χ1n) is 7.04. The van der Waals surface area contributed by atoms with Crippen molar-refractivity contribution in [3.05, 3.63) is 55.5 Å². The van der Waals surface area contributed by atoms with Crippen molar-refractivity contribution in [1.29, 1.82) is 0 Å². The number of amides is 1. The van der Waals surface area contributed by atoms with E-state index in [0.717, 1.165) is 21.8 Å². The number of aryl methyl sites for hydroxylation is 2. The zero-order valence-electron chi connectivity index (χ0n) is 12.8. The monoisotopic (exact) mass is 365 g/mol. The van der Waals surface area contributed by atoms with Gasteiger partial charge in [-0.05, 0) is 37.6 Å². The van der Waals surface area contributed by atoms with E-state index < -0.39 is 16.7 Å². The average Bonchev–Trinajstić information content (AvgIpc) is 3.15. The first-order valence-corrected chi connectivity index (χ1v) is 8.23. The summed E-state index contributed by atoms with van der Waals surface area (Å²) in [7, 11) is 0. The van der Waals surface area contributed by atoms with Gasteiger partial charge >= 0.3 is 11.8 Å². The van der Waals surface area contributed by atoms with E-state index in [1.54, 1.807) is 6.07 Å². The molecular formula is C15H12ClN3O4S. The Morgan fingerprint density at radius 1 is 1.42 bits per heavy atom. The van der Waals surface area contributed by atoms with Crippen molar-refractivity contribution < 1.29 is 14.1 Å². The van der Waals surface area contributed by atoms with Gasteiger partial charge in [-0.1, -0.05) is 22.9 Å². The lowest BCUT2D eigenvalue weighted by Crippen LogP contribution is -2.16. The van der Waals surface area contributed by atoms with Crippen LogP contribution in [-0.2, 0) is 6.54 Å². The molecule has 0 N–H and O–H groups in total. The van der Waals surface area contributed by atoms with Crippen LogP contribution in [-0.4, -0.2) is 15.4 Å². The summed E-state index contributed by atoms with van der Waals surface area (Å²) in [5.41, 5.74) is 1.83. The van der Waals surface area contributed by atoms with Crippen molar-refractivity contribution in [3.63, 3.8) is 0 Å². The maximum absolute atomic E-state index is 12.2. The first-order chi connectivity index (χ1) is 11.4. The lowest BCUT2D eigenvalue weighted by atomic mass is 10.2. The second kappa shape index (κ2) is 6.21. The van der Waals surface area contributed by atoms with Crippen molar-refractivity contribution in [2.45, 2.75) is 20.4 Å². The molecule has 0 atom stereocenters. The number of thiazole rings is 1. The molecule has 1 amide bonds. The van der Waals surface area contributed by atoms with Crippen molar-refractivity contribution in [2.75, 3.05) is 0 Å². The molecule has 24 heavy (non-hydrogen) atoms. The molecule has 2 heterocycles. The van der Waals surface area contributed by atoms with Gasteiger partial charge in [0.1, 0.15) is 4.92 Å². The molecule has 0 saturated heterocycles. The Morgan fingerprint density at radius 3 is 2.79 bits per heavy atom. The van der Waals surface area contributed by atoms with Crippen LogP contribution in [0.15, 0.2) is 33.7 Å².